The van der Waals surface area contributed by atoms with Crippen LogP contribution in [0.25, 0.3) is 0 Å². The van der Waals surface area contributed by atoms with Gasteiger partial charge in [0.25, 0.3) is 0 Å². The molecule has 0 bridgehead atoms. The zero-order valence-electron chi connectivity index (χ0n) is 12.1. The first kappa shape index (κ1) is 14.2. The number of hydrogen-bond donors (Lipinski definition) is 1. The molecule has 0 saturated carbocycles. The lowest BCUT2D eigenvalue weighted by Gasteiger charge is -2.14. The Hall–Kier alpha value is -2.23. The van der Waals surface area contributed by atoms with Gasteiger partial charge in [-0.1, -0.05) is 18.2 Å². The Labute approximate surface area is 119 Å². The normalized spacial score (nSPS) is 10.3. The number of aryl methyl sites for hydroxylation is 1. The van der Waals surface area contributed by atoms with E-state index in [0.29, 0.717) is 13.0 Å². The van der Waals surface area contributed by atoms with Gasteiger partial charge in [0.1, 0.15) is 11.5 Å². The zero-order chi connectivity index (χ0) is 14.5. The molecule has 0 aliphatic rings. The molecule has 106 valence electrons. The maximum atomic E-state index is 11.8. The highest BCUT2D eigenvalue weighted by molar-refractivity contribution is 5.80. The van der Waals surface area contributed by atoms with E-state index in [1.165, 1.54) is 0 Å². The fourth-order valence-corrected chi connectivity index (χ4v) is 1.93. The SMILES string of the molecule is Cc1ccc(CNc2ccccc2CC(=O)N(C)C)o1. The number of para-hydroxylation sites is 1. The smallest absolute Gasteiger partial charge is 0.226 e. The van der Waals surface area contributed by atoms with E-state index in [1.807, 2.05) is 43.3 Å². The summed E-state index contributed by atoms with van der Waals surface area (Å²) in [6.07, 6.45) is 0.396. The maximum absolute atomic E-state index is 11.8. The van der Waals surface area contributed by atoms with Crippen LogP contribution in [0.5, 0.6) is 0 Å². The van der Waals surface area contributed by atoms with E-state index in [2.05, 4.69) is 5.32 Å². The summed E-state index contributed by atoms with van der Waals surface area (Å²) in [5.74, 6) is 1.88. The molecule has 1 aromatic carbocycles. The second kappa shape index (κ2) is 6.28. The molecule has 1 heterocycles. The molecular formula is C16H20N2O2. The summed E-state index contributed by atoms with van der Waals surface area (Å²) < 4.78 is 5.53. The van der Waals surface area contributed by atoms with Gasteiger partial charge in [-0.3, -0.25) is 4.79 Å². The van der Waals surface area contributed by atoms with Crippen molar-refractivity contribution in [3.63, 3.8) is 0 Å². The van der Waals surface area contributed by atoms with Crippen molar-refractivity contribution in [3.8, 4) is 0 Å². The van der Waals surface area contributed by atoms with Gasteiger partial charge in [-0.15, -0.1) is 0 Å². The quantitative estimate of drug-likeness (QED) is 0.910. The molecule has 1 aromatic heterocycles. The zero-order valence-corrected chi connectivity index (χ0v) is 12.1. The van der Waals surface area contributed by atoms with Gasteiger partial charge in [-0.25, -0.2) is 0 Å². The van der Waals surface area contributed by atoms with Crippen molar-refractivity contribution in [3.05, 3.63) is 53.5 Å². The molecule has 0 spiro atoms. The van der Waals surface area contributed by atoms with Crippen LogP contribution < -0.4 is 5.32 Å². The van der Waals surface area contributed by atoms with Gasteiger partial charge in [0.05, 0.1) is 13.0 Å². The molecule has 1 N–H and O–H groups in total. The molecule has 0 unspecified atom stereocenters. The van der Waals surface area contributed by atoms with Gasteiger partial charge < -0.3 is 14.6 Å². The average Bonchev–Trinajstić information content (AvgIpc) is 2.83. The fourth-order valence-electron chi connectivity index (χ4n) is 1.93. The minimum Gasteiger partial charge on any atom is -0.465 e. The summed E-state index contributed by atoms with van der Waals surface area (Å²) in [7, 11) is 3.54. The van der Waals surface area contributed by atoms with E-state index in [-0.39, 0.29) is 5.91 Å². The Balaban J connectivity index is 2.05. The van der Waals surface area contributed by atoms with E-state index >= 15 is 0 Å². The molecule has 4 nitrogen and oxygen atoms in total. The third-order valence-electron chi connectivity index (χ3n) is 3.11. The Morgan fingerprint density at radius 3 is 2.60 bits per heavy atom. The first-order valence-electron chi connectivity index (χ1n) is 6.63. The number of amides is 1. The second-order valence-electron chi connectivity index (χ2n) is 4.99. The monoisotopic (exact) mass is 272 g/mol. The van der Waals surface area contributed by atoms with Gasteiger partial charge in [-0.05, 0) is 30.7 Å². The summed E-state index contributed by atoms with van der Waals surface area (Å²) in [6.45, 7) is 2.54. The molecule has 20 heavy (non-hydrogen) atoms. The Bertz CT molecular complexity index is 588. The van der Waals surface area contributed by atoms with Gasteiger partial charge in [0, 0.05) is 19.8 Å². The Kier molecular flexibility index (Phi) is 4.45. The van der Waals surface area contributed by atoms with Crippen LogP contribution in [0.2, 0.25) is 0 Å². The van der Waals surface area contributed by atoms with Crippen LogP contribution in [-0.4, -0.2) is 24.9 Å². The van der Waals surface area contributed by atoms with Crippen molar-refractivity contribution in [2.45, 2.75) is 19.9 Å². The predicted molar refractivity (Wildman–Crippen MR) is 79.6 cm³/mol. The molecule has 0 aliphatic heterocycles. The van der Waals surface area contributed by atoms with Gasteiger partial charge >= 0.3 is 0 Å². The molecule has 0 radical (unpaired) electrons. The lowest BCUT2D eigenvalue weighted by Crippen LogP contribution is -2.23. The molecule has 2 aromatic rings. The van der Waals surface area contributed by atoms with Crippen molar-refractivity contribution >= 4 is 11.6 Å². The summed E-state index contributed by atoms with van der Waals surface area (Å²) in [5, 5.41) is 3.32. The largest absolute Gasteiger partial charge is 0.465 e. The highest BCUT2D eigenvalue weighted by Crippen LogP contribution is 2.18. The second-order valence-corrected chi connectivity index (χ2v) is 4.99. The number of nitrogens with one attached hydrogen (secondary N) is 1. The maximum Gasteiger partial charge on any atom is 0.226 e. The van der Waals surface area contributed by atoms with E-state index in [9.17, 15) is 4.79 Å². The molecule has 1 amide bonds. The summed E-state index contributed by atoms with van der Waals surface area (Å²) >= 11 is 0. The van der Waals surface area contributed by atoms with Crippen molar-refractivity contribution in [2.75, 3.05) is 19.4 Å². The standard InChI is InChI=1S/C16H20N2O2/c1-12-8-9-14(20-12)11-17-15-7-5-4-6-13(15)10-16(19)18(2)3/h4-9,17H,10-11H2,1-3H3. The molecule has 4 heteroatoms. The van der Waals surface area contributed by atoms with Gasteiger partial charge in [0.15, 0.2) is 0 Å². The van der Waals surface area contributed by atoms with Crippen LogP contribution in [0.3, 0.4) is 0 Å². The number of likely N-dealkylation sites (N-methyl/N-ethyl adjacent to an activating group) is 1. The van der Waals surface area contributed by atoms with Crippen molar-refractivity contribution in [1.29, 1.82) is 0 Å². The Morgan fingerprint density at radius 2 is 1.95 bits per heavy atom. The van der Waals surface area contributed by atoms with Crippen LogP contribution in [0.4, 0.5) is 5.69 Å². The topological polar surface area (TPSA) is 45.5 Å². The number of anilines is 1. The lowest BCUT2D eigenvalue weighted by molar-refractivity contribution is -0.127. The minimum absolute atomic E-state index is 0.0908. The number of nitrogens with zero attached hydrogens (tertiary/aromatic N) is 1. The highest BCUT2D eigenvalue weighted by atomic mass is 16.3. The van der Waals surface area contributed by atoms with Gasteiger partial charge in [0.2, 0.25) is 5.91 Å². The number of rotatable bonds is 5. The van der Waals surface area contributed by atoms with Crippen molar-refractivity contribution in [1.82, 2.24) is 4.90 Å². The van der Waals surface area contributed by atoms with E-state index < -0.39 is 0 Å². The molecule has 0 atom stereocenters. The van der Waals surface area contributed by atoms with Gasteiger partial charge in [-0.2, -0.15) is 0 Å². The lowest BCUT2D eigenvalue weighted by atomic mass is 10.1. The van der Waals surface area contributed by atoms with Crippen molar-refractivity contribution in [2.24, 2.45) is 0 Å². The van der Waals surface area contributed by atoms with Crippen LogP contribution >= 0.6 is 0 Å². The third-order valence-corrected chi connectivity index (χ3v) is 3.11. The average molecular weight is 272 g/mol. The van der Waals surface area contributed by atoms with E-state index in [4.69, 9.17) is 4.42 Å². The summed E-state index contributed by atoms with van der Waals surface area (Å²) in [4.78, 5) is 13.4. The van der Waals surface area contributed by atoms with E-state index in [0.717, 1.165) is 22.8 Å². The van der Waals surface area contributed by atoms with Crippen LogP contribution in [-0.2, 0) is 17.8 Å². The molecule has 0 saturated heterocycles. The number of benzene rings is 1. The van der Waals surface area contributed by atoms with Crippen molar-refractivity contribution < 1.29 is 9.21 Å². The number of furan rings is 1. The molecule has 0 fully saturated rings. The van der Waals surface area contributed by atoms with Crippen LogP contribution in [0.15, 0.2) is 40.8 Å². The number of hydrogen-bond acceptors (Lipinski definition) is 3. The first-order valence-corrected chi connectivity index (χ1v) is 6.63. The molecule has 0 aliphatic carbocycles. The van der Waals surface area contributed by atoms with Crippen LogP contribution in [0.1, 0.15) is 17.1 Å². The van der Waals surface area contributed by atoms with E-state index in [1.54, 1.807) is 19.0 Å². The number of carbonyl (C=O) groups excluding carboxylic acids is 1. The highest BCUT2D eigenvalue weighted by Gasteiger charge is 2.09. The Morgan fingerprint density at radius 1 is 1.20 bits per heavy atom. The molecular weight excluding hydrogens is 252 g/mol. The fraction of sp³-hybridized carbons (Fsp3) is 0.312. The summed E-state index contributed by atoms with van der Waals surface area (Å²) in [5.41, 5.74) is 1.96. The van der Waals surface area contributed by atoms with Crippen LogP contribution in [0, 0.1) is 6.92 Å². The third kappa shape index (κ3) is 3.63. The predicted octanol–water partition coefficient (Wildman–Crippen LogP) is 2.83. The first-order chi connectivity index (χ1) is 9.56. The summed E-state index contributed by atoms with van der Waals surface area (Å²) in [6, 6.07) is 11.7. The number of carbonyl (C=O) groups is 1. The molecule has 2 rings (SSSR count). The minimum atomic E-state index is 0.0908.